The van der Waals surface area contributed by atoms with Crippen LogP contribution in [0.1, 0.15) is 22.3 Å². The van der Waals surface area contributed by atoms with E-state index < -0.39 is 0 Å². The van der Waals surface area contributed by atoms with Crippen molar-refractivity contribution < 1.29 is 0 Å². The van der Waals surface area contributed by atoms with Crippen LogP contribution in [-0.4, -0.2) is 9.55 Å². The van der Waals surface area contributed by atoms with Crippen LogP contribution in [0.4, 0.5) is 0 Å². The van der Waals surface area contributed by atoms with Gasteiger partial charge < -0.3 is 0 Å². The van der Waals surface area contributed by atoms with Crippen molar-refractivity contribution >= 4 is 23.4 Å². The van der Waals surface area contributed by atoms with Gasteiger partial charge in [-0.15, -0.1) is 0 Å². The van der Waals surface area contributed by atoms with Crippen molar-refractivity contribution in [3.8, 4) is 23.0 Å². The summed E-state index contributed by atoms with van der Waals surface area (Å²) in [6, 6.07) is 24.1. The summed E-state index contributed by atoms with van der Waals surface area (Å²) in [5.41, 5.74) is 7.48. The van der Waals surface area contributed by atoms with Crippen molar-refractivity contribution in [2.45, 2.75) is 24.8 Å². The lowest BCUT2D eigenvalue weighted by atomic mass is 10.1. The van der Waals surface area contributed by atoms with Gasteiger partial charge in [-0.1, -0.05) is 65.8 Å². The van der Waals surface area contributed by atoms with Gasteiger partial charge in [-0.2, -0.15) is 5.26 Å². The third-order valence-electron chi connectivity index (χ3n) is 4.98. The summed E-state index contributed by atoms with van der Waals surface area (Å²) in [5.74, 6) is 0.772. The first-order valence-electron chi connectivity index (χ1n) is 9.59. The zero-order chi connectivity index (χ0) is 21.1. The quantitative estimate of drug-likeness (QED) is 0.321. The Morgan fingerprint density at radius 3 is 2.27 bits per heavy atom. The highest BCUT2D eigenvalue weighted by atomic mass is 35.5. The lowest BCUT2D eigenvalue weighted by Gasteiger charge is -2.17. The molecule has 0 atom stereocenters. The number of thioether (sulfide) groups is 1. The summed E-state index contributed by atoms with van der Waals surface area (Å²) in [7, 11) is 0. The fourth-order valence-corrected chi connectivity index (χ4v) is 4.52. The lowest BCUT2D eigenvalue weighted by Crippen LogP contribution is -2.04. The zero-order valence-electron chi connectivity index (χ0n) is 16.8. The molecule has 0 aliphatic rings. The van der Waals surface area contributed by atoms with Crippen molar-refractivity contribution in [2.75, 3.05) is 0 Å². The number of aromatic nitrogens is 2. The van der Waals surface area contributed by atoms with Gasteiger partial charge in [0.05, 0.1) is 29.2 Å². The number of halogens is 1. The largest absolute Gasteiger partial charge is 0.287 e. The van der Waals surface area contributed by atoms with Crippen LogP contribution in [-0.2, 0) is 5.75 Å². The molecule has 30 heavy (non-hydrogen) atoms. The van der Waals surface area contributed by atoms with Gasteiger partial charge in [0.1, 0.15) is 0 Å². The number of hydrogen-bond donors (Lipinski definition) is 0. The molecule has 0 fully saturated rings. The molecule has 0 unspecified atom stereocenters. The summed E-state index contributed by atoms with van der Waals surface area (Å²) in [5, 5.41) is 10.6. The normalized spacial score (nSPS) is 10.7. The number of benzene rings is 3. The van der Waals surface area contributed by atoms with E-state index in [1.165, 1.54) is 11.1 Å². The van der Waals surface area contributed by atoms with E-state index in [9.17, 15) is 0 Å². The maximum Gasteiger partial charge on any atom is 0.173 e. The van der Waals surface area contributed by atoms with Crippen LogP contribution >= 0.6 is 23.4 Å². The average molecular weight is 430 g/mol. The van der Waals surface area contributed by atoms with Gasteiger partial charge in [-0.25, -0.2) is 4.98 Å². The lowest BCUT2D eigenvalue weighted by molar-refractivity contribution is 0.885. The Kier molecular flexibility index (Phi) is 5.94. The Balaban J connectivity index is 1.76. The molecule has 0 saturated carbocycles. The third-order valence-corrected chi connectivity index (χ3v) is 6.26. The van der Waals surface area contributed by atoms with Crippen LogP contribution < -0.4 is 0 Å². The van der Waals surface area contributed by atoms with Crippen LogP contribution in [0.5, 0.6) is 0 Å². The first kappa shape index (κ1) is 20.3. The van der Waals surface area contributed by atoms with Crippen molar-refractivity contribution in [1.82, 2.24) is 9.55 Å². The number of para-hydroxylation sites is 1. The van der Waals surface area contributed by atoms with E-state index in [1.807, 2.05) is 54.7 Å². The minimum Gasteiger partial charge on any atom is -0.287 e. The van der Waals surface area contributed by atoms with E-state index in [0.717, 1.165) is 33.4 Å². The second-order valence-corrected chi connectivity index (χ2v) is 8.49. The van der Waals surface area contributed by atoms with E-state index in [4.69, 9.17) is 21.8 Å². The number of aryl methyl sites for hydroxylation is 2. The van der Waals surface area contributed by atoms with Crippen LogP contribution in [0.25, 0.3) is 16.9 Å². The molecule has 0 spiro atoms. The second kappa shape index (κ2) is 8.79. The first-order valence-corrected chi connectivity index (χ1v) is 11.0. The molecule has 0 bridgehead atoms. The van der Waals surface area contributed by atoms with Gasteiger partial charge in [0.15, 0.2) is 5.16 Å². The zero-order valence-corrected chi connectivity index (χ0v) is 18.3. The van der Waals surface area contributed by atoms with Gasteiger partial charge in [0.2, 0.25) is 0 Å². The molecule has 0 aliphatic heterocycles. The van der Waals surface area contributed by atoms with Crippen LogP contribution in [0.15, 0.2) is 78.1 Å². The minimum absolute atomic E-state index is 0.672. The molecule has 0 N–H and O–H groups in total. The molecule has 4 aromatic rings. The predicted octanol–water partition coefficient (Wildman–Crippen LogP) is 6.97. The number of rotatable bonds is 5. The standard InChI is InChI=1S/C25H20ClN3S/c1-17-4-3-5-18(2)24(17)29-23(21-10-12-22(26)13-11-21)15-28-25(29)30-16-20-8-6-19(14-27)7-9-20/h3-13,15H,16H2,1-2H3. The fourth-order valence-electron chi connectivity index (χ4n) is 3.46. The maximum atomic E-state index is 9.00. The SMILES string of the molecule is Cc1cccc(C)c1-n1c(-c2ccc(Cl)cc2)cnc1SCc1ccc(C#N)cc1. The average Bonchev–Trinajstić information content (AvgIpc) is 3.16. The van der Waals surface area contributed by atoms with E-state index in [0.29, 0.717) is 10.6 Å². The van der Waals surface area contributed by atoms with Gasteiger partial charge in [0.25, 0.3) is 0 Å². The third kappa shape index (κ3) is 4.14. The van der Waals surface area contributed by atoms with Gasteiger partial charge >= 0.3 is 0 Å². The Morgan fingerprint density at radius 2 is 1.63 bits per heavy atom. The smallest absolute Gasteiger partial charge is 0.173 e. The van der Waals surface area contributed by atoms with Crippen LogP contribution in [0.3, 0.4) is 0 Å². The molecule has 5 heteroatoms. The second-order valence-electron chi connectivity index (χ2n) is 7.11. The van der Waals surface area contributed by atoms with E-state index >= 15 is 0 Å². The Hall–Kier alpha value is -3.00. The highest BCUT2D eigenvalue weighted by molar-refractivity contribution is 7.98. The summed E-state index contributed by atoms with van der Waals surface area (Å²) in [6.07, 6.45) is 1.93. The van der Waals surface area contributed by atoms with Gasteiger partial charge in [-0.3, -0.25) is 4.57 Å². The molecule has 148 valence electrons. The molecule has 3 aromatic carbocycles. The molecule has 0 radical (unpaired) electrons. The maximum absolute atomic E-state index is 9.00. The molecule has 0 aliphatic carbocycles. The Labute approximate surface area is 186 Å². The Morgan fingerprint density at radius 1 is 0.967 bits per heavy atom. The van der Waals surface area contributed by atoms with Crippen LogP contribution in [0, 0.1) is 25.2 Å². The van der Waals surface area contributed by atoms with Gasteiger partial charge in [0, 0.05) is 16.3 Å². The van der Waals surface area contributed by atoms with E-state index in [2.05, 4.69) is 42.7 Å². The number of nitriles is 1. The molecule has 3 nitrogen and oxygen atoms in total. The monoisotopic (exact) mass is 429 g/mol. The molecular weight excluding hydrogens is 410 g/mol. The highest BCUT2D eigenvalue weighted by Crippen LogP contribution is 2.34. The molecule has 4 rings (SSSR count). The summed E-state index contributed by atoms with van der Waals surface area (Å²) >= 11 is 7.79. The van der Waals surface area contributed by atoms with Crippen molar-refractivity contribution in [1.29, 1.82) is 5.26 Å². The number of nitrogens with zero attached hydrogens (tertiary/aromatic N) is 3. The highest BCUT2D eigenvalue weighted by Gasteiger charge is 2.17. The molecule has 0 saturated heterocycles. The summed E-state index contributed by atoms with van der Waals surface area (Å²) in [4.78, 5) is 4.76. The summed E-state index contributed by atoms with van der Waals surface area (Å²) in [6.45, 7) is 4.26. The predicted molar refractivity (Wildman–Crippen MR) is 124 cm³/mol. The van der Waals surface area contributed by atoms with Gasteiger partial charge in [-0.05, 0) is 54.8 Å². The fraction of sp³-hybridized carbons (Fsp3) is 0.120. The van der Waals surface area contributed by atoms with E-state index in [-0.39, 0.29) is 0 Å². The Bertz CT molecular complexity index is 1200. The molecular formula is C25H20ClN3S. The van der Waals surface area contributed by atoms with Crippen molar-refractivity contribution in [3.63, 3.8) is 0 Å². The van der Waals surface area contributed by atoms with Crippen molar-refractivity contribution in [3.05, 3.63) is 100 Å². The molecule has 1 heterocycles. The number of hydrogen-bond acceptors (Lipinski definition) is 3. The van der Waals surface area contributed by atoms with Crippen LogP contribution in [0.2, 0.25) is 5.02 Å². The molecule has 1 aromatic heterocycles. The molecule has 0 amide bonds. The first-order chi connectivity index (χ1) is 14.6. The summed E-state index contributed by atoms with van der Waals surface area (Å²) < 4.78 is 2.24. The van der Waals surface area contributed by atoms with E-state index in [1.54, 1.807) is 11.8 Å². The topological polar surface area (TPSA) is 41.6 Å². The minimum atomic E-state index is 0.672. The number of imidazole rings is 1. The van der Waals surface area contributed by atoms with Crippen molar-refractivity contribution in [2.24, 2.45) is 0 Å².